The van der Waals surface area contributed by atoms with Gasteiger partial charge in [-0.1, -0.05) is 29.8 Å². The van der Waals surface area contributed by atoms with E-state index in [9.17, 15) is 14.9 Å². The Hall–Kier alpha value is -3.69. The number of fused-ring (bicyclic) bond motifs is 3. The molecule has 0 spiro atoms. The van der Waals surface area contributed by atoms with Gasteiger partial charge in [0, 0.05) is 46.1 Å². The Morgan fingerprint density at radius 2 is 2.03 bits per heavy atom. The van der Waals surface area contributed by atoms with E-state index >= 15 is 0 Å². The molecule has 0 amide bonds. The van der Waals surface area contributed by atoms with Crippen LogP contribution in [0.3, 0.4) is 0 Å². The highest BCUT2D eigenvalue weighted by atomic mass is 35.5. The first-order valence-corrected chi connectivity index (χ1v) is 10.0. The van der Waals surface area contributed by atoms with Crippen molar-refractivity contribution >= 4 is 45.1 Å². The van der Waals surface area contributed by atoms with Gasteiger partial charge >= 0.3 is 11.7 Å². The lowest BCUT2D eigenvalue weighted by Crippen LogP contribution is -2.12. The second-order valence-corrected chi connectivity index (χ2v) is 7.23. The molecular weight excluding hydrogens is 438 g/mol. The molecule has 0 aliphatic rings. The summed E-state index contributed by atoms with van der Waals surface area (Å²) in [4.78, 5) is 31.3. The molecule has 4 rings (SSSR count). The zero-order valence-corrected chi connectivity index (χ0v) is 17.9. The van der Waals surface area contributed by atoms with Gasteiger partial charge in [0.15, 0.2) is 5.69 Å². The van der Waals surface area contributed by atoms with Crippen molar-refractivity contribution in [3.8, 4) is 11.6 Å². The Kier molecular flexibility index (Phi) is 5.93. The van der Waals surface area contributed by atoms with E-state index in [1.807, 2.05) is 24.3 Å². The number of pyridine rings is 1. The maximum atomic E-state index is 12.7. The minimum Gasteiger partial charge on any atom is -0.461 e. The number of rotatable bonds is 7. The third-order valence-electron chi connectivity index (χ3n) is 4.80. The van der Waals surface area contributed by atoms with Gasteiger partial charge in [-0.15, -0.1) is 0 Å². The molecule has 0 aliphatic heterocycles. The second kappa shape index (κ2) is 8.81. The normalized spacial score (nSPS) is 11.1. The molecule has 164 valence electrons. The summed E-state index contributed by atoms with van der Waals surface area (Å²) in [5.74, 6) is -0.786. The predicted octanol–water partition coefficient (Wildman–Crippen LogP) is 5.39. The van der Waals surface area contributed by atoms with Gasteiger partial charge in [0.1, 0.15) is 5.52 Å². The zero-order valence-electron chi connectivity index (χ0n) is 17.2. The van der Waals surface area contributed by atoms with Gasteiger partial charge in [-0.3, -0.25) is 10.1 Å². The van der Waals surface area contributed by atoms with Crippen LogP contribution >= 0.6 is 11.6 Å². The van der Waals surface area contributed by atoms with Crippen LogP contribution in [0.15, 0.2) is 42.5 Å². The Morgan fingerprint density at radius 1 is 1.25 bits per heavy atom. The maximum Gasteiger partial charge on any atom is 0.357 e. The fraction of sp³-hybridized carbons (Fsp3) is 0.182. The van der Waals surface area contributed by atoms with E-state index in [1.54, 1.807) is 6.92 Å². The lowest BCUT2D eigenvalue weighted by molar-refractivity contribution is -0.385. The number of aromatic nitrogens is 2. The van der Waals surface area contributed by atoms with E-state index in [0.717, 1.165) is 10.9 Å². The summed E-state index contributed by atoms with van der Waals surface area (Å²) in [6.45, 7) is 1.93. The molecular formula is C22H18ClN3O6. The van der Waals surface area contributed by atoms with Gasteiger partial charge in [-0.2, -0.15) is 0 Å². The van der Waals surface area contributed by atoms with Crippen molar-refractivity contribution < 1.29 is 23.9 Å². The van der Waals surface area contributed by atoms with Crippen LogP contribution in [0.5, 0.6) is 11.6 Å². The molecule has 4 aromatic rings. The van der Waals surface area contributed by atoms with Crippen molar-refractivity contribution in [3.05, 3.63) is 68.9 Å². The number of halogens is 1. The van der Waals surface area contributed by atoms with E-state index in [1.165, 1.54) is 25.3 Å². The summed E-state index contributed by atoms with van der Waals surface area (Å²) >= 11 is 6.04. The number of aromatic amines is 1. The number of nitrogens with one attached hydrogen (secondary N) is 1. The number of benzene rings is 2. The summed E-state index contributed by atoms with van der Waals surface area (Å²) in [7, 11) is 1.51. The molecule has 0 radical (unpaired) electrons. The number of nitrogens with zero attached hydrogens (tertiary/aromatic N) is 2. The lowest BCUT2D eigenvalue weighted by atomic mass is 10.1. The average molecular weight is 456 g/mol. The number of methoxy groups -OCH3 is 1. The van der Waals surface area contributed by atoms with Crippen LogP contribution in [0.25, 0.3) is 21.8 Å². The molecule has 2 aromatic carbocycles. The highest BCUT2D eigenvalue weighted by Crippen LogP contribution is 2.39. The SMILES string of the molecule is CCOC(=O)c1nc(Oc2cc(Cl)ccc2[N+](=O)[O-])c2[nH]c3ccccc3c2c1COC. The number of H-pyrrole nitrogens is 1. The molecule has 1 N–H and O–H groups in total. The molecule has 0 saturated carbocycles. The predicted molar refractivity (Wildman–Crippen MR) is 118 cm³/mol. The average Bonchev–Trinajstić information content (AvgIpc) is 3.15. The molecule has 0 fully saturated rings. The van der Waals surface area contributed by atoms with Gasteiger partial charge in [-0.25, -0.2) is 9.78 Å². The quantitative estimate of drug-likeness (QED) is 0.225. The molecule has 0 bridgehead atoms. The largest absolute Gasteiger partial charge is 0.461 e. The minimum absolute atomic E-state index is 0.00522. The second-order valence-electron chi connectivity index (χ2n) is 6.79. The minimum atomic E-state index is -0.655. The zero-order chi connectivity index (χ0) is 22.8. The van der Waals surface area contributed by atoms with Crippen molar-refractivity contribution in [3.63, 3.8) is 0 Å². The van der Waals surface area contributed by atoms with Gasteiger partial charge in [0.25, 0.3) is 0 Å². The number of hydrogen-bond acceptors (Lipinski definition) is 7. The van der Waals surface area contributed by atoms with Crippen LogP contribution in [-0.2, 0) is 16.1 Å². The first-order chi connectivity index (χ1) is 15.4. The van der Waals surface area contributed by atoms with E-state index < -0.39 is 10.9 Å². The first-order valence-electron chi connectivity index (χ1n) is 9.65. The number of nitro benzene ring substituents is 1. The Bertz CT molecular complexity index is 1350. The fourth-order valence-corrected chi connectivity index (χ4v) is 3.67. The van der Waals surface area contributed by atoms with Gasteiger partial charge < -0.3 is 19.2 Å². The highest BCUT2D eigenvalue weighted by Gasteiger charge is 2.26. The molecule has 0 saturated heterocycles. The smallest absolute Gasteiger partial charge is 0.357 e. The molecule has 2 heterocycles. The van der Waals surface area contributed by atoms with Crippen LogP contribution in [0.1, 0.15) is 23.0 Å². The molecule has 32 heavy (non-hydrogen) atoms. The summed E-state index contributed by atoms with van der Waals surface area (Å²) in [5.41, 5.74) is 1.46. The van der Waals surface area contributed by atoms with E-state index in [-0.39, 0.29) is 41.2 Å². The number of nitro groups is 1. The topological polar surface area (TPSA) is 117 Å². The Balaban J connectivity index is 2.03. The third-order valence-corrected chi connectivity index (χ3v) is 5.04. The number of carbonyl (C=O) groups is 1. The molecule has 9 nitrogen and oxygen atoms in total. The lowest BCUT2D eigenvalue weighted by Gasteiger charge is -2.13. The van der Waals surface area contributed by atoms with Gasteiger partial charge in [-0.05, 0) is 19.1 Å². The monoisotopic (exact) mass is 455 g/mol. The van der Waals surface area contributed by atoms with Crippen LogP contribution < -0.4 is 4.74 Å². The first kappa shape index (κ1) is 21.5. The van der Waals surface area contributed by atoms with Crippen LogP contribution in [0, 0.1) is 10.1 Å². The molecule has 0 aliphatic carbocycles. The maximum absolute atomic E-state index is 12.7. The highest BCUT2D eigenvalue weighted by molar-refractivity contribution is 6.30. The van der Waals surface area contributed by atoms with E-state index in [0.29, 0.717) is 16.5 Å². The van der Waals surface area contributed by atoms with Crippen LogP contribution in [0.2, 0.25) is 5.02 Å². The van der Waals surface area contributed by atoms with Crippen molar-refractivity contribution in [1.29, 1.82) is 0 Å². The Labute approximate surface area is 187 Å². The van der Waals surface area contributed by atoms with Crippen molar-refractivity contribution in [1.82, 2.24) is 9.97 Å². The summed E-state index contributed by atoms with van der Waals surface area (Å²) in [6, 6.07) is 11.4. The van der Waals surface area contributed by atoms with Crippen LogP contribution in [0.4, 0.5) is 5.69 Å². The van der Waals surface area contributed by atoms with Crippen molar-refractivity contribution in [2.24, 2.45) is 0 Å². The van der Waals surface area contributed by atoms with Crippen molar-refractivity contribution in [2.75, 3.05) is 13.7 Å². The van der Waals surface area contributed by atoms with Gasteiger partial charge in [0.2, 0.25) is 11.6 Å². The fourth-order valence-electron chi connectivity index (χ4n) is 3.51. The number of ether oxygens (including phenoxy) is 3. The summed E-state index contributed by atoms with van der Waals surface area (Å²) in [6.07, 6.45) is 0. The summed E-state index contributed by atoms with van der Waals surface area (Å²) in [5, 5.41) is 13.2. The standard InChI is InChI=1S/C22H18ClN3O6/c1-3-31-22(27)19-14(11-30-2)18-13-6-4-5-7-15(13)24-20(18)21(25-19)32-17-10-12(23)8-9-16(17)26(28)29/h4-10,24H,3,11H2,1-2H3. The van der Waals surface area contributed by atoms with Crippen molar-refractivity contribution in [2.45, 2.75) is 13.5 Å². The number of hydrogen-bond donors (Lipinski definition) is 1. The molecule has 0 atom stereocenters. The molecule has 10 heteroatoms. The third kappa shape index (κ3) is 3.83. The number of carbonyl (C=O) groups excluding carboxylic acids is 1. The molecule has 0 unspecified atom stereocenters. The molecule has 2 aromatic heterocycles. The summed E-state index contributed by atoms with van der Waals surface area (Å²) < 4.78 is 16.4. The van der Waals surface area contributed by atoms with Gasteiger partial charge in [0.05, 0.1) is 18.1 Å². The van der Waals surface area contributed by atoms with E-state index in [2.05, 4.69) is 9.97 Å². The Morgan fingerprint density at radius 3 is 2.75 bits per heavy atom. The van der Waals surface area contributed by atoms with E-state index in [4.69, 9.17) is 25.8 Å². The number of esters is 1. The number of para-hydroxylation sites is 1. The van der Waals surface area contributed by atoms with Crippen LogP contribution in [-0.4, -0.2) is 34.6 Å².